The van der Waals surface area contributed by atoms with Crippen LogP contribution in [-0.2, 0) is 4.74 Å². The number of aromatic nitrogens is 1. The average molecular weight is 451 g/mol. The van der Waals surface area contributed by atoms with Crippen molar-refractivity contribution in [3.05, 3.63) is 34.8 Å². The minimum Gasteiger partial charge on any atom is -0.487 e. The minimum absolute atomic E-state index is 0.164. The van der Waals surface area contributed by atoms with Crippen LogP contribution in [0.25, 0.3) is 10.6 Å². The van der Waals surface area contributed by atoms with Crippen molar-refractivity contribution in [2.24, 2.45) is 5.41 Å². The van der Waals surface area contributed by atoms with Crippen LogP contribution in [0.15, 0.2) is 24.4 Å². The number of amides is 1. The van der Waals surface area contributed by atoms with Crippen molar-refractivity contribution in [1.82, 2.24) is 9.88 Å². The van der Waals surface area contributed by atoms with Gasteiger partial charge in [0.15, 0.2) is 6.17 Å². The molecule has 3 rings (SSSR count). The summed E-state index contributed by atoms with van der Waals surface area (Å²) < 4.78 is 26.4. The summed E-state index contributed by atoms with van der Waals surface area (Å²) in [5.74, 6) is -0.222. The zero-order chi connectivity index (χ0) is 22.9. The Balaban J connectivity index is 1.94. The van der Waals surface area contributed by atoms with Crippen molar-refractivity contribution in [3.8, 4) is 16.3 Å². The van der Waals surface area contributed by atoms with Gasteiger partial charge in [-0.05, 0) is 30.5 Å². The van der Waals surface area contributed by atoms with Crippen molar-refractivity contribution in [3.63, 3.8) is 0 Å². The number of esters is 1. The number of halogens is 1. The van der Waals surface area contributed by atoms with Gasteiger partial charge in [0, 0.05) is 29.6 Å². The smallest absolute Gasteiger partial charge is 0.407 e. The van der Waals surface area contributed by atoms with Gasteiger partial charge >= 0.3 is 12.1 Å². The van der Waals surface area contributed by atoms with E-state index in [-0.39, 0.29) is 18.5 Å². The first kappa shape index (κ1) is 23.0. The number of hydrogen-bond donors (Lipinski definition) is 1. The second kappa shape index (κ2) is 8.82. The number of rotatable bonds is 4. The van der Waals surface area contributed by atoms with Crippen LogP contribution in [0.4, 0.5) is 9.18 Å². The quantitative estimate of drug-likeness (QED) is 0.674. The molecule has 0 radical (unpaired) electrons. The molecule has 2 heterocycles. The summed E-state index contributed by atoms with van der Waals surface area (Å²) in [5.41, 5.74) is 0.326. The van der Waals surface area contributed by atoms with Gasteiger partial charge in [-0.3, -0.25) is 0 Å². The third kappa shape index (κ3) is 4.98. The highest BCUT2D eigenvalue weighted by molar-refractivity contribution is 7.14. The largest absolute Gasteiger partial charge is 0.487 e. The second-order valence-corrected chi connectivity index (χ2v) is 9.92. The van der Waals surface area contributed by atoms with Gasteiger partial charge in [0.25, 0.3) is 0 Å². The van der Waals surface area contributed by atoms with E-state index < -0.39 is 35.8 Å². The van der Waals surface area contributed by atoms with Crippen LogP contribution in [0.5, 0.6) is 5.75 Å². The second-order valence-electron chi connectivity index (χ2n) is 8.69. The maximum Gasteiger partial charge on any atom is 0.407 e. The summed E-state index contributed by atoms with van der Waals surface area (Å²) in [5, 5.41) is 10.2. The van der Waals surface area contributed by atoms with E-state index in [2.05, 4.69) is 4.98 Å². The zero-order valence-corrected chi connectivity index (χ0v) is 19.0. The molecule has 3 unspecified atom stereocenters. The molecule has 1 aromatic heterocycles. The molecule has 0 saturated carbocycles. The first-order valence-corrected chi connectivity index (χ1v) is 10.8. The fourth-order valence-corrected chi connectivity index (χ4v) is 4.66. The van der Waals surface area contributed by atoms with Crippen LogP contribution in [0.3, 0.4) is 0 Å². The van der Waals surface area contributed by atoms with Gasteiger partial charge in [0.05, 0.1) is 18.7 Å². The van der Waals surface area contributed by atoms with Gasteiger partial charge in [-0.25, -0.2) is 19.0 Å². The molecular weight excluding hydrogens is 423 g/mol. The minimum atomic E-state index is -1.53. The molecule has 1 aliphatic heterocycles. The number of ether oxygens (including phenoxy) is 2. The molecule has 31 heavy (non-hydrogen) atoms. The summed E-state index contributed by atoms with van der Waals surface area (Å²) in [6.45, 7) is 7.52. The van der Waals surface area contributed by atoms with E-state index in [9.17, 15) is 14.7 Å². The molecule has 9 heteroatoms. The molecule has 1 saturated heterocycles. The van der Waals surface area contributed by atoms with E-state index in [1.807, 2.05) is 27.7 Å². The predicted octanol–water partition coefficient (Wildman–Crippen LogP) is 4.79. The van der Waals surface area contributed by atoms with Crippen LogP contribution in [0.2, 0.25) is 0 Å². The Bertz CT molecular complexity index is 971. The molecule has 168 valence electrons. The van der Waals surface area contributed by atoms with Crippen molar-refractivity contribution < 1.29 is 28.6 Å². The van der Waals surface area contributed by atoms with E-state index in [1.54, 1.807) is 18.3 Å². The molecule has 1 aliphatic rings. The van der Waals surface area contributed by atoms with Crippen LogP contribution >= 0.6 is 11.3 Å². The number of nitrogens with zero attached hydrogens (tertiary/aromatic N) is 2. The Morgan fingerprint density at radius 2 is 2.00 bits per heavy atom. The third-order valence-corrected chi connectivity index (χ3v) is 6.23. The van der Waals surface area contributed by atoms with Gasteiger partial charge in [-0.1, -0.05) is 20.8 Å². The van der Waals surface area contributed by atoms with Gasteiger partial charge < -0.3 is 19.5 Å². The van der Waals surface area contributed by atoms with Crippen LogP contribution in [0, 0.1) is 12.3 Å². The molecule has 1 amide bonds. The van der Waals surface area contributed by atoms with E-state index >= 15 is 4.39 Å². The molecule has 7 nitrogen and oxygen atoms in total. The van der Waals surface area contributed by atoms with Crippen LogP contribution in [-0.4, -0.2) is 59.0 Å². The number of carboxylic acid groups (broad SMARTS) is 1. The lowest BCUT2D eigenvalue weighted by Gasteiger charge is -2.46. The van der Waals surface area contributed by atoms with Gasteiger partial charge in [0.2, 0.25) is 0 Å². The summed E-state index contributed by atoms with van der Waals surface area (Å²) in [7, 11) is 1.29. The highest BCUT2D eigenvalue weighted by atomic mass is 32.1. The standard InChI is InChI=1S/C22H27FN2O5S/c1-12-11-24-19(31-12)13-8-14(20(26)29-5)10-15(9-13)30-16-6-7-25(21(27)28)18(17(16)23)22(2,3)4/h8-11,16-18H,6-7H2,1-5H3,(H,27,28). The van der Waals surface area contributed by atoms with Gasteiger partial charge in [-0.15, -0.1) is 11.3 Å². The number of likely N-dealkylation sites (tertiary alicyclic amines) is 1. The van der Waals surface area contributed by atoms with Crippen LogP contribution in [0.1, 0.15) is 42.4 Å². The number of alkyl halides is 1. The van der Waals surface area contributed by atoms with Crippen LogP contribution < -0.4 is 4.74 Å². The van der Waals surface area contributed by atoms with E-state index in [0.717, 1.165) is 9.78 Å². The summed E-state index contributed by atoms with van der Waals surface area (Å²) in [6.07, 6.45) is -1.59. The SMILES string of the molecule is COC(=O)c1cc(OC2CCN(C(=O)O)C(C(C)(C)C)C2F)cc(-c2ncc(C)s2)c1. The van der Waals surface area contributed by atoms with Crippen molar-refractivity contribution >= 4 is 23.4 Å². The highest BCUT2D eigenvalue weighted by Crippen LogP contribution is 2.37. The fraction of sp³-hybridized carbons (Fsp3) is 0.500. The number of aryl methyl sites for hydroxylation is 1. The number of carbonyl (C=O) groups is 2. The fourth-order valence-electron chi connectivity index (χ4n) is 3.91. The number of carbonyl (C=O) groups excluding carboxylic acids is 1. The van der Waals surface area contributed by atoms with Crippen molar-refractivity contribution in [2.45, 2.75) is 52.4 Å². The molecule has 0 bridgehead atoms. The van der Waals surface area contributed by atoms with Crippen molar-refractivity contribution in [2.75, 3.05) is 13.7 Å². The van der Waals surface area contributed by atoms with Crippen molar-refractivity contribution in [1.29, 1.82) is 0 Å². The number of benzene rings is 1. The summed E-state index contributed by atoms with van der Waals surface area (Å²) >= 11 is 1.47. The molecule has 0 aliphatic carbocycles. The lowest BCUT2D eigenvalue weighted by molar-refractivity contribution is -0.0513. The monoisotopic (exact) mass is 450 g/mol. The van der Waals surface area contributed by atoms with E-state index in [4.69, 9.17) is 9.47 Å². The normalized spacial score (nSPS) is 21.6. The van der Waals surface area contributed by atoms with E-state index in [0.29, 0.717) is 16.3 Å². The Labute approximate surface area is 184 Å². The number of hydrogen-bond acceptors (Lipinski definition) is 6. The Kier molecular flexibility index (Phi) is 6.54. The highest BCUT2D eigenvalue weighted by Gasteiger charge is 2.47. The van der Waals surface area contributed by atoms with Gasteiger partial charge in [-0.2, -0.15) is 0 Å². The van der Waals surface area contributed by atoms with E-state index in [1.165, 1.54) is 24.5 Å². The average Bonchev–Trinajstić information content (AvgIpc) is 3.13. The molecule has 2 aromatic rings. The molecule has 3 atom stereocenters. The molecule has 1 N–H and O–H groups in total. The topological polar surface area (TPSA) is 89.0 Å². The first-order chi connectivity index (χ1) is 14.5. The third-order valence-electron chi connectivity index (χ3n) is 5.26. The maximum atomic E-state index is 15.5. The molecule has 1 aromatic carbocycles. The van der Waals surface area contributed by atoms with Gasteiger partial charge in [0.1, 0.15) is 16.9 Å². The Morgan fingerprint density at radius 3 is 2.55 bits per heavy atom. The number of thiazole rings is 1. The summed E-state index contributed by atoms with van der Waals surface area (Å²) in [6, 6.07) is 4.04. The lowest BCUT2D eigenvalue weighted by Crippen LogP contribution is -2.60. The Morgan fingerprint density at radius 1 is 1.29 bits per heavy atom. The molecule has 0 spiro atoms. The maximum absolute atomic E-state index is 15.5. The first-order valence-electron chi connectivity index (χ1n) is 9.97. The predicted molar refractivity (Wildman–Crippen MR) is 116 cm³/mol. The molecule has 1 fully saturated rings. The lowest BCUT2D eigenvalue weighted by atomic mass is 9.78. The zero-order valence-electron chi connectivity index (χ0n) is 18.2. The number of piperidine rings is 1. The molecular formula is C22H27FN2O5S. The Hall–Kier alpha value is -2.68. The number of methoxy groups -OCH3 is 1. The summed E-state index contributed by atoms with van der Waals surface area (Å²) in [4.78, 5) is 30.3.